The Hall–Kier alpha value is -2.26. The summed E-state index contributed by atoms with van der Waals surface area (Å²) in [6.45, 7) is 1.70. The summed E-state index contributed by atoms with van der Waals surface area (Å²) >= 11 is 4.51. The highest BCUT2D eigenvalue weighted by Crippen LogP contribution is 2.33. The van der Waals surface area contributed by atoms with Crippen LogP contribution in [0.25, 0.3) is 15.8 Å². The first kappa shape index (κ1) is 17.6. The predicted molar refractivity (Wildman–Crippen MR) is 98.9 cm³/mol. The lowest BCUT2D eigenvalue weighted by Gasteiger charge is -2.10. The zero-order valence-corrected chi connectivity index (χ0v) is 16.1. The number of benzene rings is 1. The van der Waals surface area contributed by atoms with Crippen molar-refractivity contribution in [3.05, 3.63) is 56.5 Å². The Bertz CT molecular complexity index is 1100. The number of rotatable bonds is 3. The third-order valence-corrected chi connectivity index (χ3v) is 5.60. The number of methoxy groups -OCH3 is 1. The number of halogens is 1. The lowest BCUT2D eigenvalue weighted by Crippen LogP contribution is -2.38. The van der Waals surface area contributed by atoms with Gasteiger partial charge in [0.15, 0.2) is 4.83 Å². The number of fused-ring (bicyclic) bond motifs is 1. The molecule has 0 aliphatic heterocycles. The van der Waals surface area contributed by atoms with E-state index in [-0.39, 0.29) is 0 Å². The van der Waals surface area contributed by atoms with Crippen LogP contribution in [-0.4, -0.2) is 26.6 Å². The Kier molecular flexibility index (Phi) is 4.61. The number of nitrogens with zero attached hydrogens (tertiary/aromatic N) is 3. The summed E-state index contributed by atoms with van der Waals surface area (Å²) in [5, 5.41) is 0.685. The van der Waals surface area contributed by atoms with Crippen LogP contribution in [0.5, 0.6) is 0 Å². The van der Waals surface area contributed by atoms with Gasteiger partial charge in [-0.05, 0) is 36.7 Å². The highest BCUT2D eigenvalue weighted by molar-refractivity contribution is 9.09. The fraction of sp³-hybridized carbons (Fsp3) is 0.250. The van der Waals surface area contributed by atoms with Gasteiger partial charge in [0.25, 0.3) is 5.56 Å². The van der Waals surface area contributed by atoms with Gasteiger partial charge in [-0.3, -0.25) is 9.59 Å². The number of carbonyl (C=O) groups is 1. The van der Waals surface area contributed by atoms with E-state index in [4.69, 9.17) is 4.74 Å². The predicted octanol–water partition coefficient (Wildman–Crippen LogP) is 2.06. The third kappa shape index (κ3) is 2.93. The minimum absolute atomic E-state index is 0.409. The molecule has 0 saturated heterocycles. The summed E-state index contributed by atoms with van der Waals surface area (Å²) in [5.41, 5.74) is 0.650. The second kappa shape index (κ2) is 6.57. The summed E-state index contributed by atoms with van der Waals surface area (Å²) in [5.74, 6) is -0.471. The van der Waals surface area contributed by atoms with E-state index in [2.05, 4.69) is 20.3 Å². The average molecular weight is 424 g/mol. The van der Waals surface area contributed by atoms with Gasteiger partial charge < -0.3 is 9.30 Å². The fourth-order valence-corrected chi connectivity index (χ4v) is 3.92. The summed E-state index contributed by atoms with van der Waals surface area (Å²) in [7, 11) is 2.90. The zero-order chi connectivity index (χ0) is 18.3. The van der Waals surface area contributed by atoms with Gasteiger partial charge in [-0.25, -0.2) is 9.36 Å². The molecule has 0 fully saturated rings. The van der Waals surface area contributed by atoms with Crippen LogP contribution in [0.1, 0.15) is 16.2 Å². The number of esters is 1. The van der Waals surface area contributed by atoms with Crippen molar-refractivity contribution in [1.29, 1.82) is 0 Å². The molecule has 7 nitrogen and oxygen atoms in total. The van der Waals surface area contributed by atoms with Crippen LogP contribution in [0, 0.1) is 6.92 Å². The molecule has 3 rings (SSSR count). The molecule has 0 bridgehead atoms. The first-order valence-electron chi connectivity index (χ1n) is 7.26. The van der Waals surface area contributed by atoms with Gasteiger partial charge in [0.2, 0.25) is 0 Å². The molecule has 9 heteroatoms. The molecule has 0 spiro atoms. The molecule has 2 heterocycles. The van der Waals surface area contributed by atoms with Crippen LogP contribution in [0.4, 0.5) is 0 Å². The van der Waals surface area contributed by atoms with Crippen molar-refractivity contribution in [2.45, 2.75) is 11.8 Å². The minimum atomic E-state index is -0.723. The van der Waals surface area contributed by atoms with E-state index in [1.165, 1.54) is 29.3 Å². The maximum absolute atomic E-state index is 12.5. The number of aromatic nitrogens is 3. The van der Waals surface area contributed by atoms with Crippen molar-refractivity contribution in [1.82, 2.24) is 13.5 Å². The molecule has 0 aliphatic rings. The quantitative estimate of drug-likeness (QED) is 0.475. The number of ether oxygens (including phenoxy) is 1. The van der Waals surface area contributed by atoms with Crippen LogP contribution in [0.2, 0.25) is 0 Å². The maximum Gasteiger partial charge on any atom is 0.335 e. The van der Waals surface area contributed by atoms with Crippen LogP contribution in [0.3, 0.4) is 0 Å². The van der Waals surface area contributed by atoms with Gasteiger partial charge in [-0.2, -0.15) is 4.37 Å². The maximum atomic E-state index is 12.5. The van der Waals surface area contributed by atoms with Gasteiger partial charge in [0.05, 0.1) is 23.2 Å². The number of hydrogen-bond acceptors (Lipinski definition) is 6. The molecule has 3 aromatic rings. The van der Waals surface area contributed by atoms with Crippen LogP contribution >= 0.6 is 27.5 Å². The Morgan fingerprint density at radius 2 is 2.04 bits per heavy atom. The molecule has 1 unspecified atom stereocenters. The van der Waals surface area contributed by atoms with Gasteiger partial charge in [-0.1, -0.05) is 15.9 Å². The molecular formula is C16H14BrN3O4S. The molecule has 2 aromatic heterocycles. The van der Waals surface area contributed by atoms with E-state index in [9.17, 15) is 14.4 Å². The third-order valence-electron chi connectivity index (χ3n) is 3.95. The molecular weight excluding hydrogens is 410 g/mol. The molecule has 25 heavy (non-hydrogen) atoms. The van der Waals surface area contributed by atoms with Crippen molar-refractivity contribution in [3.63, 3.8) is 0 Å². The second-order valence-electron chi connectivity index (χ2n) is 5.43. The largest absolute Gasteiger partial charge is 0.468 e. The molecule has 0 aliphatic carbocycles. The van der Waals surface area contributed by atoms with Gasteiger partial charge >= 0.3 is 11.7 Å². The first-order valence-corrected chi connectivity index (χ1v) is 8.95. The Balaban J connectivity index is 2.24. The van der Waals surface area contributed by atoms with Crippen molar-refractivity contribution in [2.75, 3.05) is 7.11 Å². The highest BCUT2D eigenvalue weighted by atomic mass is 79.9. The Morgan fingerprint density at radius 3 is 2.72 bits per heavy atom. The average Bonchev–Trinajstić information content (AvgIpc) is 3.01. The fourth-order valence-electron chi connectivity index (χ4n) is 2.46. The number of aryl methyl sites for hydroxylation is 1. The molecule has 0 saturated carbocycles. The summed E-state index contributed by atoms with van der Waals surface area (Å²) in [6.07, 6.45) is 0. The van der Waals surface area contributed by atoms with E-state index < -0.39 is 22.0 Å². The van der Waals surface area contributed by atoms with Crippen LogP contribution < -0.4 is 11.2 Å². The smallest absolute Gasteiger partial charge is 0.335 e. The van der Waals surface area contributed by atoms with E-state index in [1.54, 1.807) is 32.2 Å². The summed E-state index contributed by atoms with van der Waals surface area (Å²) in [6, 6.07) is 6.54. The molecule has 0 N–H and O–H groups in total. The zero-order valence-electron chi connectivity index (χ0n) is 13.6. The standard InChI is InChI=1S/C16H14BrN3O4S/c1-8-6-12(21)20(16(23)19(8)2)9-4-5-11-10(7-9)14(18-25-11)13(17)15(22)24-3/h4-7,13H,1-3H3. The Labute approximate surface area is 154 Å². The minimum Gasteiger partial charge on any atom is -0.468 e. The van der Waals surface area contributed by atoms with E-state index in [0.717, 1.165) is 9.27 Å². The summed E-state index contributed by atoms with van der Waals surface area (Å²) < 4.78 is 12.4. The summed E-state index contributed by atoms with van der Waals surface area (Å²) in [4.78, 5) is 35.9. The van der Waals surface area contributed by atoms with Crippen LogP contribution in [0.15, 0.2) is 33.9 Å². The van der Waals surface area contributed by atoms with Crippen LogP contribution in [-0.2, 0) is 16.6 Å². The van der Waals surface area contributed by atoms with E-state index >= 15 is 0 Å². The van der Waals surface area contributed by atoms with Crippen molar-refractivity contribution in [3.8, 4) is 5.69 Å². The molecule has 0 radical (unpaired) electrons. The normalized spacial score (nSPS) is 12.3. The van der Waals surface area contributed by atoms with Crippen molar-refractivity contribution in [2.24, 2.45) is 7.05 Å². The molecule has 130 valence electrons. The lowest BCUT2D eigenvalue weighted by atomic mass is 10.1. The highest BCUT2D eigenvalue weighted by Gasteiger charge is 2.23. The van der Waals surface area contributed by atoms with Crippen molar-refractivity contribution >= 4 is 43.5 Å². The second-order valence-corrected chi connectivity index (χ2v) is 7.16. The monoisotopic (exact) mass is 423 g/mol. The number of alkyl halides is 1. The van der Waals surface area contributed by atoms with Crippen molar-refractivity contribution < 1.29 is 9.53 Å². The molecule has 0 amide bonds. The molecule has 1 aromatic carbocycles. The first-order chi connectivity index (χ1) is 11.8. The SMILES string of the molecule is COC(=O)C(Br)c1nsc2ccc(-n3c(=O)cc(C)n(C)c3=O)cc12. The van der Waals surface area contributed by atoms with Gasteiger partial charge in [0.1, 0.15) is 0 Å². The van der Waals surface area contributed by atoms with E-state index in [1.807, 2.05) is 0 Å². The number of carbonyl (C=O) groups excluding carboxylic acids is 1. The topological polar surface area (TPSA) is 83.2 Å². The van der Waals surface area contributed by atoms with Gasteiger partial charge in [0, 0.05) is 24.2 Å². The van der Waals surface area contributed by atoms with Gasteiger partial charge in [-0.15, -0.1) is 0 Å². The molecule has 1 atom stereocenters. The number of hydrogen-bond donors (Lipinski definition) is 0. The Morgan fingerprint density at radius 1 is 1.32 bits per heavy atom. The van der Waals surface area contributed by atoms with E-state index in [0.29, 0.717) is 22.5 Å². The lowest BCUT2D eigenvalue weighted by molar-refractivity contribution is -0.139.